The molecule has 2 aromatic carbocycles. The van der Waals surface area contributed by atoms with Crippen LogP contribution in [0.2, 0.25) is 0 Å². The lowest BCUT2D eigenvalue weighted by molar-refractivity contribution is -0.112. The Balaban J connectivity index is 1.82. The Labute approximate surface area is 204 Å². The van der Waals surface area contributed by atoms with Gasteiger partial charge in [-0.2, -0.15) is 10.2 Å². The van der Waals surface area contributed by atoms with Crippen LogP contribution in [0.3, 0.4) is 0 Å². The highest BCUT2D eigenvalue weighted by molar-refractivity contribution is 9.10. The highest BCUT2D eigenvalue weighted by Crippen LogP contribution is 2.26. The molecule has 0 unspecified atom stereocenters. The monoisotopic (exact) mass is 514 g/mol. The third-order valence-electron chi connectivity index (χ3n) is 5.04. The maximum atomic E-state index is 13.4. The minimum atomic E-state index is -0.644. The van der Waals surface area contributed by atoms with Crippen LogP contribution in [-0.4, -0.2) is 15.3 Å². The summed E-state index contributed by atoms with van der Waals surface area (Å²) in [5, 5.41) is 12.4. The van der Waals surface area contributed by atoms with Crippen LogP contribution in [-0.2, 0) is 4.79 Å². The van der Waals surface area contributed by atoms with Crippen molar-refractivity contribution in [1.29, 1.82) is 5.26 Å². The summed E-state index contributed by atoms with van der Waals surface area (Å²) >= 11 is 3.37. The van der Waals surface area contributed by atoms with E-state index in [9.17, 15) is 14.9 Å². The fourth-order valence-corrected chi connectivity index (χ4v) is 3.50. The molecule has 0 saturated heterocycles. The summed E-state index contributed by atoms with van der Waals surface area (Å²) in [5.41, 5.74) is 2.03. The Morgan fingerprint density at radius 3 is 2.50 bits per heavy atom. The number of hydrogen-bond acceptors (Lipinski definition) is 5. The maximum absolute atomic E-state index is 13.4. The van der Waals surface area contributed by atoms with Gasteiger partial charge in [-0.3, -0.25) is 14.0 Å². The number of carbonyl (C=O) groups excluding carboxylic acids is 1. The predicted octanol–water partition coefficient (Wildman–Crippen LogP) is 5.41. The van der Waals surface area contributed by atoms with Gasteiger partial charge in [0.1, 0.15) is 28.6 Å². The Morgan fingerprint density at radius 2 is 1.82 bits per heavy atom. The Bertz CT molecular complexity index is 1520. The van der Waals surface area contributed by atoms with Gasteiger partial charge in [0.2, 0.25) is 5.88 Å². The standard InChI is InChI=1S/C26H19BrN4O3/c1-16-5-9-20(10-6-16)29-24(32)18(15-28)14-22-25(34-21-11-7-19(27)8-12-21)30-23-17(2)4-3-13-31(23)26(22)33/h3-14H,1-2H3,(H,29,32)/b18-14+. The van der Waals surface area contributed by atoms with E-state index >= 15 is 0 Å². The van der Waals surface area contributed by atoms with Gasteiger partial charge in [0.05, 0.1) is 0 Å². The molecule has 8 heteroatoms. The van der Waals surface area contributed by atoms with Crippen LogP contribution in [0.25, 0.3) is 11.7 Å². The number of hydrogen-bond donors (Lipinski definition) is 1. The zero-order valence-corrected chi connectivity index (χ0v) is 20.0. The van der Waals surface area contributed by atoms with Crippen molar-refractivity contribution in [2.75, 3.05) is 5.32 Å². The third kappa shape index (κ3) is 4.90. The van der Waals surface area contributed by atoms with Crippen LogP contribution in [0, 0.1) is 25.2 Å². The molecule has 0 atom stereocenters. The minimum absolute atomic E-state index is 0.00231. The summed E-state index contributed by atoms with van der Waals surface area (Å²) in [6.07, 6.45) is 2.79. The first-order valence-electron chi connectivity index (χ1n) is 10.3. The number of pyridine rings is 1. The van der Waals surface area contributed by atoms with Crippen LogP contribution in [0.5, 0.6) is 11.6 Å². The molecule has 4 rings (SSSR count). The van der Waals surface area contributed by atoms with Crippen molar-refractivity contribution >= 4 is 39.2 Å². The molecule has 0 aliphatic heterocycles. The lowest BCUT2D eigenvalue weighted by atomic mass is 10.1. The second-order valence-electron chi connectivity index (χ2n) is 7.57. The summed E-state index contributed by atoms with van der Waals surface area (Å²) in [6.45, 7) is 3.76. The SMILES string of the molecule is Cc1ccc(NC(=O)/C(C#N)=C/c2c(Oc3ccc(Br)cc3)nc3c(C)cccn3c2=O)cc1. The minimum Gasteiger partial charge on any atom is -0.438 e. The van der Waals surface area contributed by atoms with Gasteiger partial charge in [-0.25, -0.2) is 0 Å². The Hall–Kier alpha value is -4.22. The average molecular weight is 515 g/mol. The van der Waals surface area contributed by atoms with Gasteiger partial charge >= 0.3 is 0 Å². The van der Waals surface area contributed by atoms with E-state index in [2.05, 4.69) is 26.2 Å². The largest absolute Gasteiger partial charge is 0.438 e. The summed E-state index contributed by atoms with van der Waals surface area (Å²) in [4.78, 5) is 30.7. The molecule has 1 amide bonds. The second-order valence-corrected chi connectivity index (χ2v) is 8.48. The molecule has 0 saturated carbocycles. The Morgan fingerprint density at radius 1 is 1.12 bits per heavy atom. The predicted molar refractivity (Wildman–Crippen MR) is 134 cm³/mol. The van der Waals surface area contributed by atoms with Gasteiger partial charge in [-0.15, -0.1) is 0 Å². The van der Waals surface area contributed by atoms with E-state index in [1.54, 1.807) is 48.7 Å². The lowest BCUT2D eigenvalue weighted by Crippen LogP contribution is -2.20. The molecule has 168 valence electrons. The van der Waals surface area contributed by atoms with Gasteiger partial charge in [0.15, 0.2) is 0 Å². The number of ether oxygens (including phenoxy) is 1. The topological polar surface area (TPSA) is 96.5 Å². The number of nitrogens with one attached hydrogen (secondary N) is 1. The van der Waals surface area contributed by atoms with Crippen LogP contribution in [0.1, 0.15) is 16.7 Å². The maximum Gasteiger partial charge on any atom is 0.269 e. The van der Waals surface area contributed by atoms with E-state index in [1.807, 2.05) is 38.1 Å². The summed E-state index contributed by atoms with van der Waals surface area (Å²) in [6, 6.07) is 19.6. The van der Waals surface area contributed by atoms with Crippen molar-refractivity contribution in [2.24, 2.45) is 0 Å². The highest BCUT2D eigenvalue weighted by Gasteiger charge is 2.18. The molecular formula is C26H19BrN4O3. The average Bonchev–Trinajstić information content (AvgIpc) is 2.82. The number of nitrogens with zero attached hydrogens (tertiary/aromatic N) is 3. The molecule has 0 aliphatic carbocycles. The van der Waals surface area contributed by atoms with E-state index in [0.717, 1.165) is 15.6 Å². The van der Waals surface area contributed by atoms with Crippen molar-refractivity contribution in [1.82, 2.24) is 9.38 Å². The molecule has 7 nitrogen and oxygen atoms in total. The number of aromatic nitrogens is 2. The third-order valence-corrected chi connectivity index (χ3v) is 5.57. The summed E-state index contributed by atoms with van der Waals surface area (Å²) in [5.74, 6) is -0.197. The molecule has 34 heavy (non-hydrogen) atoms. The zero-order chi connectivity index (χ0) is 24.2. The number of amides is 1. The molecule has 1 N–H and O–H groups in total. The van der Waals surface area contributed by atoms with Crippen molar-refractivity contribution in [3.63, 3.8) is 0 Å². The molecule has 0 fully saturated rings. The molecule has 0 radical (unpaired) electrons. The summed E-state index contributed by atoms with van der Waals surface area (Å²) < 4.78 is 8.16. The summed E-state index contributed by atoms with van der Waals surface area (Å²) in [7, 11) is 0. The van der Waals surface area contributed by atoms with E-state index in [1.165, 1.54) is 10.5 Å². The van der Waals surface area contributed by atoms with Gasteiger partial charge in [-0.1, -0.05) is 39.7 Å². The molecule has 0 bridgehead atoms. The zero-order valence-electron chi connectivity index (χ0n) is 18.4. The number of carbonyl (C=O) groups is 1. The smallest absolute Gasteiger partial charge is 0.269 e. The number of rotatable bonds is 5. The molecule has 2 heterocycles. The molecule has 2 aromatic heterocycles. The molecule has 0 aliphatic rings. The normalized spacial score (nSPS) is 11.2. The van der Waals surface area contributed by atoms with Crippen molar-refractivity contribution in [2.45, 2.75) is 13.8 Å². The molecule has 4 aromatic rings. The van der Waals surface area contributed by atoms with E-state index in [-0.39, 0.29) is 17.0 Å². The quantitative estimate of drug-likeness (QED) is 0.283. The van der Waals surface area contributed by atoms with Crippen molar-refractivity contribution in [3.8, 4) is 17.7 Å². The first-order chi connectivity index (χ1) is 16.4. The number of aryl methyl sites for hydroxylation is 2. The van der Waals surface area contributed by atoms with Gasteiger partial charge < -0.3 is 10.1 Å². The molecule has 0 spiro atoms. The van der Waals surface area contributed by atoms with Crippen molar-refractivity contribution in [3.05, 3.63) is 104 Å². The number of nitriles is 1. The van der Waals surface area contributed by atoms with Crippen LogP contribution in [0.4, 0.5) is 5.69 Å². The number of benzene rings is 2. The Kier molecular flexibility index (Phi) is 6.57. The second kappa shape index (κ2) is 9.73. The van der Waals surface area contributed by atoms with Gasteiger partial charge in [0, 0.05) is 16.4 Å². The van der Waals surface area contributed by atoms with Crippen LogP contribution >= 0.6 is 15.9 Å². The van der Waals surface area contributed by atoms with Crippen LogP contribution in [0.15, 0.2) is 81.7 Å². The van der Waals surface area contributed by atoms with Crippen LogP contribution < -0.4 is 15.6 Å². The number of fused-ring (bicyclic) bond motifs is 1. The first-order valence-corrected chi connectivity index (χ1v) is 11.1. The van der Waals surface area contributed by atoms with Crippen molar-refractivity contribution < 1.29 is 9.53 Å². The lowest BCUT2D eigenvalue weighted by Gasteiger charge is -2.12. The van der Waals surface area contributed by atoms with E-state index in [4.69, 9.17) is 4.74 Å². The van der Waals surface area contributed by atoms with E-state index < -0.39 is 11.5 Å². The highest BCUT2D eigenvalue weighted by atomic mass is 79.9. The van der Waals surface area contributed by atoms with E-state index in [0.29, 0.717) is 17.1 Å². The van der Waals surface area contributed by atoms with Gasteiger partial charge in [0.25, 0.3) is 11.5 Å². The fourth-order valence-electron chi connectivity index (χ4n) is 3.24. The number of halogens is 1. The van der Waals surface area contributed by atoms with Gasteiger partial charge in [-0.05, 0) is 68.0 Å². The first kappa shape index (κ1) is 23.0. The molecular weight excluding hydrogens is 496 g/mol. The fraction of sp³-hybridized carbons (Fsp3) is 0.0769. The number of anilines is 1.